The van der Waals surface area contributed by atoms with Crippen molar-refractivity contribution in [3.63, 3.8) is 0 Å². The third kappa shape index (κ3) is 3.78. The zero-order valence-corrected chi connectivity index (χ0v) is 16.1. The van der Waals surface area contributed by atoms with E-state index in [0.717, 1.165) is 33.4 Å². The lowest BCUT2D eigenvalue weighted by atomic mass is 10.1. The van der Waals surface area contributed by atoms with Gasteiger partial charge in [0.15, 0.2) is 5.78 Å². The number of ketones is 1. The van der Waals surface area contributed by atoms with Crippen molar-refractivity contribution in [1.82, 2.24) is 15.0 Å². The number of aromatic nitrogens is 3. The van der Waals surface area contributed by atoms with Gasteiger partial charge < -0.3 is 4.98 Å². The molecule has 0 saturated carbocycles. The van der Waals surface area contributed by atoms with E-state index in [0.29, 0.717) is 30.7 Å². The first-order valence-electron chi connectivity index (χ1n) is 9.58. The zero-order chi connectivity index (χ0) is 20.2. The Hall–Kier alpha value is -3.78. The molecule has 0 unspecified atom stereocenters. The molecule has 5 heteroatoms. The molecule has 3 heterocycles. The lowest BCUT2D eigenvalue weighted by Gasteiger charge is -2.04. The Morgan fingerprint density at radius 1 is 1.10 bits per heavy atom. The van der Waals surface area contributed by atoms with E-state index >= 15 is 0 Å². The van der Waals surface area contributed by atoms with Crippen molar-refractivity contribution in [1.29, 1.82) is 5.26 Å². The highest BCUT2D eigenvalue weighted by molar-refractivity contribution is 5.95. The number of nitrogens with one attached hydrogen (secondary N) is 1. The number of Topliss-reactive ketones (excluding diaryl/α,β-unsaturated/α-hetero) is 1. The molecule has 5 nitrogen and oxygen atoms in total. The second-order valence-electron chi connectivity index (χ2n) is 6.95. The summed E-state index contributed by atoms with van der Waals surface area (Å²) in [4.78, 5) is 24.9. The maximum atomic E-state index is 12.3. The number of unbranched alkanes of at least 4 members (excludes halogenated alkanes) is 1. The molecular formula is C24H20N4O. The molecule has 0 radical (unpaired) electrons. The molecule has 4 rings (SSSR count). The van der Waals surface area contributed by atoms with Crippen LogP contribution >= 0.6 is 0 Å². The number of aryl methyl sites for hydroxylation is 1. The summed E-state index contributed by atoms with van der Waals surface area (Å²) < 4.78 is 0. The first-order chi connectivity index (χ1) is 14.2. The van der Waals surface area contributed by atoms with Crippen LogP contribution in [0.5, 0.6) is 0 Å². The van der Waals surface area contributed by atoms with Gasteiger partial charge in [0.25, 0.3) is 0 Å². The normalized spacial score (nSPS) is 10.8. The van der Waals surface area contributed by atoms with Gasteiger partial charge in [-0.05, 0) is 42.7 Å². The molecule has 0 atom stereocenters. The van der Waals surface area contributed by atoms with Gasteiger partial charge in [-0.15, -0.1) is 0 Å². The number of fused-ring (bicyclic) bond motifs is 1. The fourth-order valence-electron chi connectivity index (χ4n) is 3.44. The molecule has 0 saturated heterocycles. The maximum absolute atomic E-state index is 12.3. The molecule has 1 aromatic carbocycles. The highest BCUT2D eigenvalue weighted by atomic mass is 16.1. The van der Waals surface area contributed by atoms with Crippen molar-refractivity contribution in [2.45, 2.75) is 26.2 Å². The Bertz CT molecular complexity index is 1220. The van der Waals surface area contributed by atoms with E-state index in [1.54, 1.807) is 12.3 Å². The largest absolute Gasteiger partial charge is 0.339 e. The van der Waals surface area contributed by atoms with Gasteiger partial charge in [0, 0.05) is 30.0 Å². The molecule has 0 aliphatic carbocycles. The molecule has 0 aliphatic heterocycles. The molecule has 0 aliphatic rings. The van der Waals surface area contributed by atoms with Crippen LogP contribution in [-0.2, 0) is 0 Å². The van der Waals surface area contributed by atoms with Gasteiger partial charge in [-0.2, -0.15) is 5.26 Å². The summed E-state index contributed by atoms with van der Waals surface area (Å²) in [5.74, 6) is -0.0414. The molecule has 0 bridgehead atoms. The number of nitriles is 1. The number of rotatable bonds is 6. The molecule has 0 amide bonds. The monoisotopic (exact) mass is 380 g/mol. The Kier molecular flexibility index (Phi) is 5.17. The molecular weight excluding hydrogens is 360 g/mol. The van der Waals surface area contributed by atoms with Crippen molar-refractivity contribution in [2.24, 2.45) is 0 Å². The van der Waals surface area contributed by atoms with Crippen LogP contribution in [0.25, 0.3) is 33.5 Å². The highest BCUT2D eigenvalue weighted by Gasteiger charge is 2.13. The van der Waals surface area contributed by atoms with E-state index in [4.69, 9.17) is 5.26 Å². The van der Waals surface area contributed by atoms with Crippen LogP contribution in [0.15, 0.2) is 60.8 Å². The van der Waals surface area contributed by atoms with Gasteiger partial charge >= 0.3 is 0 Å². The number of aromatic amines is 1. The molecule has 1 N–H and O–H groups in total. The molecule has 142 valence electrons. The summed E-state index contributed by atoms with van der Waals surface area (Å²) >= 11 is 0. The summed E-state index contributed by atoms with van der Waals surface area (Å²) in [5.41, 5.74) is 6.14. The number of nitrogens with zero attached hydrogens (tertiary/aromatic N) is 3. The number of benzene rings is 1. The second kappa shape index (κ2) is 8.07. The van der Waals surface area contributed by atoms with Crippen LogP contribution in [0.4, 0.5) is 0 Å². The van der Waals surface area contributed by atoms with Crippen LogP contribution < -0.4 is 0 Å². The van der Waals surface area contributed by atoms with E-state index in [2.05, 4.69) is 46.1 Å². The SMILES string of the molecule is Cc1c(-c2ccccc2)[nH]c2ncc(-c3cccc(C(=O)CCCC#N)n3)cc12. The van der Waals surface area contributed by atoms with Crippen LogP contribution in [0.2, 0.25) is 0 Å². The minimum atomic E-state index is -0.0414. The molecule has 4 aromatic rings. The summed E-state index contributed by atoms with van der Waals surface area (Å²) in [6.07, 6.45) is 3.04. The lowest BCUT2D eigenvalue weighted by molar-refractivity contribution is 0.0976. The van der Waals surface area contributed by atoms with Crippen LogP contribution in [0.1, 0.15) is 35.3 Å². The predicted octanol–water partition coefficient (Wildman–Crippen LogP) is 5.48. The zero-order valence-electron chi connectivity index (χ0n) is 16.1. The summed E-state index contributed by atoms with van der Waals surface area (Å²) in [5, 5.41) is 9.68. The minimum Gasteiger partial charge on any atom is -0.339 e. The summed E-state index contributed by atoms with van der Waals surface area (Å²) in [7, 11) is 0. The number of pyridine rings is 2. The van der Waals surface area contributed by atoms with Gasteiger partial charge in [-0.1, -0.05) is 36.4 Å². The number of hydrogen-bond acceptors (Lipinski definition) is 4. The van der Waals surface area contributed by atoms with Gasteiger partial charge in [0.2, 0.25) is 0 Å². The smallest absolute Gasteiger partial charge is 0.181 e. The van der Waals surface area contributed by atoms with E-state index < -0.39 is 0 Å². The highest BCUT2D eigenvalue weighted by Crippen LogP contribution is 2.31. The van der Waals surface area contributed by atoms with Crippen LogP contribution in [-0.4, -0.2) is 20.7 Å². The van der Waals surface area contributed by atoms with E-state index in [1.807, 2.05) is 30.3 Å². The number of carbonyl (C=O) groups excluding carboxylic acids is 1. The fourth-order valence-corrected chi connectivity index (χ4v) is 3.44. The van der Waals surface area contributed by atoms with E-state index in [1.165, 1.54) is 0 Å². The van der Waals surface area contributed by atoms with Crippen LogP contribution in [0, 0.1) is 18.3 Å². The van der Waals surface area contributed by atoms with Crippen molar-refractivity contribution in [3.8, 4) is 28.6 Å². The van der Waals surface area contributed by atoms with Gasteiger partial charge in [-0.3, -0.25) is 4.79 Å². The first-order valence-corrected chi connectivity index (χ1v) is 9.58. The summed E-state index contributed by atoms with van der Waals surface area (Å²) in [6, 6.07) is 19.7. The van der Waals surface area contributed by atoms with Crippen molar-refractivity contribution < 1.29 is 4.79 Å². The van der Waals surface area contributed by atoms with Gasteiger partial charge in [0.05, 0.1) is 17.5 Å². The minimum absolute atomic E-state index is 0.0414. The fraction of sp³-hybridized carbons (Fsp3) is 0.167. The summed E-state index contributed by atoms with van der Waals surface area (Å²) in [6.45, 7) is 2.08. The van der Waals surface area contributed by atoms with E-state index in [9.17, 15) is 4.79 Å². The maximum Gasteiger partial charge on any atom is 0.181 e. The van der Waals surface area contributed by atoms with Crippen LogP contribution in [0.3, 0.4) is 0 Å². The lowest BCUT2D eigenvalue weighted by Crippen LogP contribution is -2.02. The van der Waals surface area contributed by atoms with E-state index in [-0.39, 0.29) is 5.78 Å². The standard InChI is InChI=1S/C24H20N4O/c1-16-19-14-18(15-26-24(19)28-23(16)17-8-3-2-4-9-17)20-10-7-11-21(27-20)22(29)12-5-6-13-25/h2-4,7-11,14-15H,5-6,12H2,1H3,(H,26,28). The third-order valence-corrected chi connectivity index (χ3v) is 5.00. The molecule has 3 aromatic heterocycles. The number of H-pyrrole nitrogens is 1. The Morgan fingerprint density at radius 3 is 2.72 bits per heavy atom. The quantitative estimate of drug-likeness (QED) is 0.355. The third-order valence-electron chi connectivity index (χ3n) is 5.00. The Labute approximate surface area is 169 Å². The van der Waals surface area contributed by atoms with Gasteiger partial charge in [-0.25, -0.2) is 9.97 Å². The molecule has 0 fully saturated rings. The average Bonchev–Trinajstić information content (AvgIpc) is 3.10. The Balaban J connectivity index is 1.68. The van der Waals surface area contributed by atoms with Gasteiger partial charge in [0.1, 0.15) is 11.3 Å². The van der Waals surface area contributed by atoms with Crippen molar-refractivity contribution in [3.05, 3.63) is 72.1 Å². The predicted molar refractivity (Wildman–Crippen MR) is 113 cm³/mol. The van der Waals surface area contributed by atoms with Crippen molar-refractivity contribution in [2.75, 3.05) is 0 Å². The first kappa shape index (κ1) is 18.6. The average molecular weight is 380 g/mol. The number of carbonyl (C=O) groups is 1. The number of hydrogen-bond donors (Lipinski definition) is 1. The second-order valence-corrected chi connectivity index (χ2v) is 6.95. The Morgan fingerprint density at radius 2 is 1.93 bits per heavy atom. The molecule has 0 spiro atoms. The molecule has 29 heavy (non-hydrogen) atoms. The van der Waals surface area contributed by atoms with Crippen molar-refractivity contribution >= 4 is 16.8 Å². The topological polar surface area (TPSA) is 82.4 Å².